The molecule has 0 spiro atoms. The summed E-state index contributed by atoms with van der Waals surface area (Å²) in [6, 6.07) is 20.2. The maximum atomic E-state index is 11.6. The third-order valence-corrected chi connectivity index (χ3v) is 5.77. The van der Waals surface area contributed by atoms with E-state index in [1.807, 2.05) is 36.2 Å². The molecule has 2 atom stereocenters. The fourth-order valence-corrected chi connectivity index (χ4v) is 4.23. The Bertz CT molecular complexity index is 1180. The number of hydrogen-bond acceptors (Lipinski definition) is 5. The number of nitro benzene ring substituents is 1. The summed E-state index contributed by atoms with van der Waals surface area (Å²) in [6.45, 7) is 2.04. The van der Waals surface area contributed by atoms with Gasteiger partial charge in [-0.2, -0.15) is 5.10 Å². The minimum atomic E-state index is -0.701. The van der Waals surface area contributed by atoms with Crippen molar-refractivity contribution < 1.29 is 9.66 Å². The molecule has 2 aliphatic heterocycles. The molecule has 0 saturated carbocycles. The summed E-state index contributed by atoms with van der Waals surface area (Å²) < 4.78 is 6.24. The second kappa shape index (κ2) is 7.15. The van der Waals surface area contributed by atoms with E-state index in [4.69, 9.17) is 21.4 Å². The summed E-state index contributed by atoms with van der Waals surface area (Å²) in [5.74, 6) is 0.671. The average molecular weight is 420 g/mol. The second-order valence-electron chi connectivity index (χ2n) is 7.48. The van der Waals surface area contributed by atoms with Gasteiger partial charge in [-0.1, -0.05) is 53.6 Å². The van der Waals surface area contributed by atoms with Gasteiger partial charge in [0.05, 0.1) is 22.2 Å². The van der Waals surface area contributed by atoms with Crippen LogP contribution < -0.4 is 4.74 Å². The summed E-state index contributed by atoms with van der Waals surface area (Å²) >= 11 is 6.26. The topological polar surface area (TPSA) is 68.0 Å². The highest BCUT2D eigenvalue weighted by molar-refractivity contribution is 6.30. The molecule has 6 nitrogen and oxygen atoms in total. The third-order valence-electron chi connectivity index (χ3n) is 5.54. The number of nitro groups is 1. The molecular weight excluding hydrogens is 402 g/mol. The van der Waals surface area contributed by atoms with E-state index in [1.165, 1.54) is 11.6 Å². The van der Waals surface area contributed by atoms with Gasteiger partial charge in [0, 0.05) is 23.1 Å². The van der Waals surface area contributed by atoms with E-state index in [2.05, 4.69) is 12.1 Å². The van der Waals surface area contributed by atoms with Crippen LogP contribution >= 0.6 is 11.6 Å². The van der Waals surface area contributed by atoms with E-state index in [0.717, 1.165) is 16.8 Å². The summed E-state index contributed by atoms with van der Waals surface area (Å²) in [5.41, 5.74) is 4.54. The Morgan fingerprint density at radius 2 is 1.87 bits per heavy atom. The fraction of sp³-hybridized carbons (Fsp3) is 0.174. The molecule has 0 bridgehead atoms. The molecule has 30 heavy (non-hydrogen) atoms. The van der Waals surface area contributed by atoms with E-state index in [9.17, 15) is 10.1 Å². The molecule has 0 saturated heterocycles. The SMILES string of the molecule is Cc1ccc(C2=NN3[C@H](C2)c2cc(Cl)ccc2O[C@H]3c2ccccc2[N+](=O)[O-])cc1. The van der Waals surface area contributed by atoms with Gasteiger partial charge in [0.1, 0.15) is 5.75 Å². The molecule has 0 radical (unpaired) electrons. The molecule has 2 aliphatic rings. The molecule has 2 heterocycles. The molecule has 0 unspecified atom stereocenters. The van der Waals surface area contributed by atoms with Crippen LogP contribution in [0.3, 0.4) is 0 Å². The Labute approximate surface area is 178 Å². The lowest BCUT2D eigenvalue weighted by atomic mass is 9.95. The van der Waals surface area contributed by atoms with Gasteiger partial charge >= 0.3 is 0 Å². The van der Waals surface area contributed by atoms with Crippen molar-refractivity contribution in [3.8, 4) is 5.75 Å². The standard InChI is InChI=1S/C23H18ClN3O3/c1-14-6-8-15(9-7-14)19-13-21-18-12-16(24)10-11-22(18)30-23(26(21)25-19)17-4-2-3-5-20(17)27(28)29/h2-12,21,23H,13H2,1H3/t21-,23+/m1/s1. The van der Waals surface area contributed by atoms with Crippen LogP contribution in [0.5, 0.6) is 5.75 Å². The Morgan fingerprint density at radius 1 is 1.10 bits per heavy atom. The first-order chi connectivity index (χ1) is 14.5. The van der Waals surface area contributed by atoms with Gasteiger partial charge in [-0.3, -0.25) is 10.1 Å². The molecule has 5 rings (SSSR count). The molecule has 7 heteroatoms. The van der Waals surface area contributed by atoms with Gasteiger partial charge in [0.15, 0.2) is 0 Å². The highest BCUT2D eigenvalue weighted by Crippen LogP contribution is 2.49. The molecule has 150 valence electrons. The summed E-state index contributed by atoms with van der Waals surface area (Å²) in [6.07, 6.45) is -0.0371. The van der Waals surface area contributed by atoms with E-state index in [0.29, 0.717) is 22.8 Å². The fourth-order valence-electron chi connectivity index (χ4n) is 4.05. The number of hydrazone groups is 1. The van der Waals surface area contributed by atoms with Crippen molar-refractivity contribution in [2.24, 2.45) is 5.10 Å². The molecule has 0 amide bonds. The predicted octanol–water partition coefficient (Wildman–Crippen LogP) is 5.80. The van der Waals surface area contributed by atoms with Crippen LogP contribution in [0.25, 0.3) is 0 Å². The van der Waals surface area contributed by atoms with E-state index in [1.54, 1.807) is 24.3 Å². The molecule has 0 aliphatic carbocycles. The van der Waals surface area contributed by atoms with Gasteiger partial charge in [-0.05, 0) is 36.8 Å². The number of halogens is 1. The lowest BCUT2D eigenvalue weighted by molar-refractivity contribution is -0.386. The van der Waals surface area contributed by atoms with E-state index >= 15 is 0 Å². The van der Waals surface area contributed by atoms with Crippen LogP contribution in [0.15, 0.2) is 71.8 Å². The van der Waals surface area contributed by atoms with Gasteiger partial charge in [0.2, 0.25) is 6.23 Å². The molecule has 3 aromatic rings. The zero-order valence-corrected chi connectivity index (χ0v) is 16.9. The first-order valence-corrected chi connectivity index (χ1v) is 10.0. The van der Waals surface area contributed by atoms with Crippen molar-refractivity contribution in [3.05, 3.63) is 104 Å². The molecular formula is C23H18ClN3O3. The molecule has 0 N–H and O–H groups in total. The van der Waals surface area contributed by atoms with Crippen molar-refractivity contribution in [1.82, 2.24) is 5.01 Å². The number of ether oxygens (including phenoxy) is 1. The summed E-state index contributed by atoms with van der Waals surface area (Å²) in [4.78, 5) is 11.3. The first-order valence-electron chi connectivity index (χ1n) is 9.63. The third kappa shape index (κ3) is 3.09. The molecule has 0 fully saturated rings. The second-order valence-corrected chi connectivity index (χ2v) is 7.92. The van der Waals surface area contributed by atoms with Crippen molar-refractivity contribution in [3.63, 3.8) is 0 Å². The maximum Gasteiger partial charge on any atom is 0.278 e. The van der Waals surface area contributed by atoms with Crippen molar-refractivity contribution in [2.45, 2.75) is 25.6 Å². The maximum absolute atomic E-state index is 11.6. The number of fused-ring (bicyclic) bond motifs is 3. The zero-order chi connectivity index (χ0) is 20.8. The quantitative estimate of drug-likeness (QED) is 0.397. The van der Waals surface area contributed by atoms with Crippen molar-refractivity contribution in [2.75, 3.05) is 0 Å². The monoisotopic (exact) mass is 419 g/mol. The smallest absolute Gasteiger partial charge is 0.278 e. The predicted molar refractivity (Wildman–Crippen MR) is 115 cm³/mol. The van der Waals surface area contributed by atoms with Gasteiger partial charge in [-0.15, -0.1) is 0 Å². The van der Waals surface area contributed by atoms with Crippen molar-refractivity contribution in [1.29, 1.82) is 0 Å². The lowest BCUT2D eigenvalue weighted by Gasteiger charge is -2.38. The average Bonchev–Trinajstić information content (AvgIpc) is 3.19. The van der Waals surface area contributed by atoms with E-state index < -0.39 is 6.23 Å². The van der Waals surface area contributed by atoms with Crippen molar-refractivity contribution >= 4 is 23.0 Å². The van der Waals surface area contributed by atoms with Crippen LogP contribution in [0.4, 0.5) is 5.69 Å². The zero-order valence-electron chi connectivity index (χ0n) is 16.2. The summed E-state index contributed by atoms with van der Waals surface area (Å²) in [5, 5.41) is 18.9. The van der Waals surface area contributed by atoms with Crippen LogP contribution in [-0.2, 0) is 0 Å². The Morgan fingerprint density at radius 3 is 2.63 bits per heavy atom. The number of aryl methyl sites for hydroxylation is 1. The molecule has 0 aromatic heterocycles. The van der Waals surface area contributed by atoms with E-state index in [-0.39, 0.29) is 16.7 Å². The van der Waals surface area contributed by atoms with Gasteiger partial charge in [-0.25, -0.2) is 5.01 Å². The Hall–Kier alpha value is -3.38. The number of nitrogens with zero attached hydrogens (tertiary/aromatic N) is 3. The van der Waals surface area contributed by atoms with Gasteiger partial charge in [0.25, 0.3) is 5.69 Å². The number of rotatable bonds is 3. The van der Waals surface area contributed by atoms with Gasteiger partial charge < -0.3 is 4.74 Å². The highest BCUT2D eigenvalue weighted by atomic mass is 35.5. The highest BCUT2D eigenvalue weighted by Gasteiger charge is 2.43. The molecule has 3 aromatic carbocycles. The normalized spacial score (nSPS) is 19.5. The van der Waals surface area contributed by atoms with Crippen LogP contribution in [0.1, 0.15) is 40.9 Å². The Balaban J connectivity index is 1.64. The number of hydrogen-bond donors (Lipinski definition) is 0. The largest absolute Gasteiger partial charge is 0.464 e. The van der Waals surface area contributed by atoms with Crippen LogP contribution in [0, 0.1) is 17.0 Å². The minimum absolute atomic E-state index is 0.0117. The number of para-hydroxylation sites is 1. The first kappa shape index (κ1) is 18.6. The lowest BCUT2D eigenvalue weighted by Crippen LogP contribution is -2.34. The van der Waals surface area contributed by atoms with Crippen LogP contribution in [-0.4, -0.2) is 15.6 Å². The summed E-state index contributed by atoms with van der Waals surface area (Å²) in [7, 11) is 0. The van der Waals surface area contributed by atoms with Crippen LogP contribution in [0.2, 0.25) is 5.02 Å². The number of benzene rings is 3. The Kier molecular flexibility index (Phi) is 4.44. The minimum Gasteiger partial charge on any atom is -0.464 e.